The molecule has 0 atom stereocenters. The Kier molecular flexibility index (Phi) is 4.64. The normalized spacial score (nSPS) is 12.2. The molecule has 0 saturated heterocycles. The fraction of sp³-hybridized carbons (Fsp3) is 0.375. The van der Waals surface area contributed by atoms with Crippen LogP contribution in [0.1, 0.15) is 41.1 Å². The van der Waals surface area contributed by atoms with Crippen molar-refractivity contribution in [3.63, 3.8) is 0 Å². The van der Waals surface area contributed by atoms with Gasteiger partial charge in [0.25, 0.3) is 5.91 Å². The van der Waals surface area contributed by atoms with E-state index in [1.807, 2.05) is 6.92 Å². The first-order valence-electron chi connectivity index (χ1n) is 7.08. The van der Waals surface area contributed by atoms with Crippen molar-refractivity contribution >= 4 is 32.8 Å². The molecule has 1 N–H and O–H groups in total. The molecule has 0 unspecified atom stereocenters. The number of carbonyl (C=O) groups is 1. The number of thiazole rings is 1. The zero-order valence-electron chi connectivity index (χ0n) is 13.8. The van der Waals surface area contributed by atoms with Crippen LogP contribution in [0.2, 0.25) is 0 Å². The summed E-state index contributed by atoms with van der Waals surface area (Å²) in [4.78, 5) is 17.7. The standard InChI is InChI=1S/C16H20N2O3S2/c1-10-13(22-15(17-10)16(2,3)4)14(19)18-11-6-8-12(9-7-11)23(5,20)21/h6-9H,1-5H3,(H,18,19). The number of aromatic nitrogens is 1. The smallest absolute Gasteiger partial charge is 0.267 e. The molecule has 0 radical (unpaired) electrons. The quantitative estimate of drug-likeness (QED) is 0.918. The summed E-state index contributed by atoms with van der Waals surface area (Å²) in [5, 5.41) is 3.69. The van der Waals surface area contributed by atoms with E-state index in [4.69, 9.17) is 0 Å². The predicted molar refractivity (Wildman–Crippen MR) is 93.1 cm³/mol. The molecule has 124 valence electrons. The molecule has 2 aromatic rings. The van der Waals surface area contributed by atoms with E-state index in [0.29, 0.717) is 16.3 Å². The molecular weight excluding hydrogens is 332 g/mol. The Labute approximate surface area is 140 Å². The van der Waals surface area contributed by atoms with Crippen molar-refractivity contribution in [1.29, 1.82) is 0 Å². The second-order valence-corrected chi connectivity index (χ2v) is 9.45. The summed E-state index contributed by atoms with van der Waals surface area (Å²) in [6, 6.07) is 6.11. The van der Waals surface area contributed by atoms with Gasteiger partial charge in [0.1, 0.15) is 4.88 Å². The molecule has 0 bridgehead atoms. The molecule has 23 heavy (non-hydrogen) atoms. The van der Waals surface area contributed by atoms with Crippen LogP contribution in [0.25, 0.3) is 0 Å². The maximum atomic E-state index is 12.4. The molecule has 0 aliphatic heterocycles. The fourth-order valence-corrected chi connectivity index (χ4v) is 3.55. The van der Waals surface area contributed by atoms with E-state index in [1.54, 1.807) is 12.1 Å². The van der Waals surface area contributed by atoms with Crippen LogP contribution in [0, 0.1) is 6.92 Å². The molecule has 2 rings (SSSR count). The minimum absolute atomic E-state index is 0.106. The highest BCUT2D eigenvalue weighted by molar-refractivity contribution is 7.90. The van der Waals surface area contributed by atoms with E-state index >= 15 is 0 Å². The molecule has 0 aliphatic carbocycles. The fourth-order valence-electron chi connectivity index (χ4n) is 1.90. The van der Waals surface area contributed by atoms with Crippen molar-refractivity contribution in [1.82, 2.24) is 4.98 Å². The molecule has 5 nitrogen and oxygen atoms in total. The Morgan fingerprint density at radius 1 is 1.17 bits per heavy atom. The number of rotatable bonds is 3. The topological polar surface area (TPSA) is 76.1 Å². The van der Waals surface area contributed by atoms with Gasteiger partial charge in [0.15, 0.2) is 9.84 Å². The zero-order chi connectivity index (χ0) is 17.4. The van der Waals surface area contributed by atoms with Gasteiger partial charge in [0, 0.05) is 17.4 Å². The lowest BCUT2D eigenvalue weighted by atomic mass is 9.98. The lowest BCUT2D eigenvalue weighted by molar-refractivity contribution is 0.103. The molecule has 0 saturated carbocycles. The van der Waals surface area contributed by atoms with Gasteiger partial charge in [-0.15, -0.1) is 11.3 Å². The number of hydrogen-bond donors (Lipinski definition) is 1. The van der Waals surface area contributed by atoms with E-state index in [-0.39, 0.29) is 16.2 Å². The number of nitrogens with zero attached hydrogens (tertiary/aromatic N) is 1. The highest BCUT2D eigenvalue weighted by Crippen LogP contribution is 2.29. The highest BCUT2D eigenvalue weighted by Gasteiger charge is 2.23. The van der Waals surface area contributed by atoms with Crippen LogP contribution in [-0.2, 0) is 15.3 Å². The third-order valence-electron chi connectivity index (χ3n) is 3.18. The maximum Gasteiger partial charge on any atom is 0.267 e. The van der Waals surface area contributed by atoms with Crippen molar-refractivity contribution in [3.05, 3.63) is 39.8 Å². The van der Waals surface area contributed by atoms with E-state index in [1.165, 1.54) is 23.5 Å². The van der Waals surface area contributed by atoms with Crippen molar-refractivity contribution in [3.8, 4) is 0 Å². The number of aryl methyl sites for hydroxylation is 1. The number of sulfone groups is 1. The van der Waals surface area contributed by atoms with Gasteiger partial charge in [-0.25, -0.2) is 13.4 Å². The van der Waals surface area contributed by atoms with Gasteiger partial charge in [-0.1, -0.05) is 20.8 Å². The Hall–Kier alpha value is -1.73. The van der Waals surface area contributed by atoms with Gasteiger partial charge in [-0.2, -0.15) is 0 Å². The van der Waals surface area contributed by atoms with Crippen molar-refractivity contribution in [2.45, 2.75) is 38.0 Å². The molecule has 7 heteroatoms. The monoisotopic (exact) mass is 352 g/mol. The van der Waals surface area contributed by atoms with Crippen molar-refractivity contribution in [2.24, 2.45) is 0 Å². The van der Waals surface area contributed by atoms with E-state index < -0.39 is 9.84 Å². The molecule has 1 aromatic carbocycles. The van der Waals surface area contributed by atoms with Gasteiger partial charge in [-0.3, -0.25) is 4.79 Å². The lowest BCUT2D eigenvalue weighted by Gasteiger charge is -2.13. The Morgan fingerprint density at radius 3 is 2.17 bits per heavy atom. The first-order valence-corrected chi connectivity index (χ1v) is 9.78. The summed E-state index contributed by atoms with van der Waals surface area (Å²) in [5.74, 6) is -0.234. The summed E-state index contributed by atoms with van der Waals surface area (Å²) in [6.45, 7) is 7.97. The molecule has 1 amide bonds. The molecule has 1 aromatic heterocycles. The number of carbonyl (C=O) groups excluding carboxylic acids is 1. The van der Waals surface area contributed by atoms with Gasteiger partial charge in [-0.05, 0) is 31.2 Å². The number of anilines is 1. The Morgan fingerprint density at radius 2 is 1.74 bits per heavy atom. The summed E-state index contributed by atoms with van der Waals surface area (Å²) in [6.07, 6.45) is 1.15. The van der Waals surface area contributed by atoms with E-state index in [2.05, 4.69) is 31.1 Å². The van der Waals surface area contributed by atoms with Crippen LogP contribution in [0.5, 0.6) is 0 Å². The summed E-state index contributed by atoms with van der Waals surface area (Å²) >= 11 is 1.38. The van der Waals surface area contributed by atoms with Crippen LogP contribution in [0.4, 0.5) is 5.69 Å². The second kappa shape index (κ2) is 6.05. The average molecular weight is 352 g/mol. The molecule has 1 heterocycles. The largest absolute Gasteiger partial charge is 0.321 e. The first-order chi connectivity index (χ1) is 10.5. The first kappa shape index (κ1) is 17.6. The molecular formula is C16H20N2O3S2. The maximum absolute atomic E-state index is 12.4. The third kappa shape index (κ3) is 4.17. The molecule has 0 aliphatic rings. The Bertz CT molecular complexity index is 829. The average Bonchev–Trinajstić information content (AvgIpc) is 2.80. The SMILES string of the molecule is Cc1nc(C(C)(C)C)sc1C(=O)Nc1ccc(S(C)(=O)=O)cc1. The van der Waals surface area contributed by atoms with Gasteiger partial charge < -0.3 is 5.32 Å². The number of benzene rings is 1. The minimum Gasteiger partial charge on any atom is -0.321 e. The van der Waals surface area contributed by atoms with Crippen LogP contribution < -0.4 is 5.32 Å². The predicted octanol–water partition coefficient (Wildman–Crippen LogP) is 3.40. The lowest BCUT2D eigenvalue weighted by Crippen LogP contribution is -2.11. The van der Waals surface area contributed by atoms with E-state index in [9.17, 15) is 13.2 Å². The van der Waals surface area contributed by atoms with Crippen LogP contribution in [0.15, 0.2) is 29.2 Å². The number of nitrogens with one attached hydrogen (secondary N) is 1. The highest BCUT2D eigenvalue weighted by atomic mass is 32.2. The van der Waals surface area contributed by atoms with Crippen molar-refractivity contribution in [2.75, 3.05) is 11.6 Å². The third-order valence-corrected chi connectivity index (χ3v) is 5.90. The minimum atomic E-state index is -3.24. The zero-order valence-corrected chi connectivity index (χ0v) is 15.4. The summed E-state index contributed by atoms with van der Waals surface area (Å²) in [7, 11) is -3.24. The van der Waals surface area contributed by atoms with Crippen LogP contribution in [0.3, 0.4) is 0 Å². The van der Waals surface area contributed by atoms with Crippen LogP contribution in [-0.4, -0.2) is 25.6 Å². The number of amides is 1. The van der Waals surface area contributed by atoms with E-state index in [0.717, 1.165) is 11.3 Å². The van der Waals surface area contributed by atoms with Crippen LogP contribution >= 0.6 is 11.3 Å². The molecule has 0 fully saturated rings. The second-order valence-electron chi connectivity index (χ2n) is 6.43. The number of hydrogen-bond acceptors (Lipinski definition) is 5. The van der Waals surface area contributed by atoms with Crippen molar-refractivity contribution < 1.29 is 13.2 Å². The summed E-state index contributed by atoms with van der Waals surface area (Å²) < 4.78 is 22.9. The van der Waals surface area contributed by atoms with Gasteiger partial charge >= 0.3 is 0 Å². The van der Waals surface area contributed by atoms with Gasteiger partial charge in [0.05, 0.1) is 15.6 Å². The molecule has 0 spiro atoms. The van der Waals surface area contributed by atoms with Gasteiger partial charge in [0.2, 0.25) is 0 Å². The Balaban J connectivity index is 2.21. The summed E-state index contributed by atoms with van der Waals surface area (Å²) in [5.41, 5.74) is 1.14.